The molecule has 100 valence electrons. The normalized spacial score (nSPS) is 12.5. The molecule has 0 radical (unpaired) electrons. The van der Waals surface area contributed by atoms with Gasteiger partial charge in [-0.3, -0.25) is 4.98 Å². The second-order valence-corrected chi connectivity index (χ2v) is 4.86. The minimum atomic E-state index is -0.392. The van der Waals surface area contributed by atoms with Crippen LogP contribution in [-0.4, -0.2) is 10.1 Å². The molecular formula is C17H21NO. The van der Waals surface area contributed by atoms with Crippen LogP contribution in [-0.2, 0) is 0 Å². The van der Waals surface area contributed by atoms with Crippen LogP contribution in [0.3, 0.4) is 0 Å². The number of aliphatic hydroxyl groups excluding tert-OH is 1. The van der Waals surface area contributed by atoms with E-state index in [-0.39, 0.29) is 0 Å². The van der Waals surface area contributed by atoms with E-state index in [2.05, 4.69) is 11.6 Å². The molecule has 0 saturated heterocycles. The number of nitrogens with zero attached hydrogens (tertiary/aromatic N) is 1. The van der Waals surface area contributed by atoms with Gasteiger partial charge in [-0.15, -0.1) is 6.58 Å². The lowest BCUT2D eigenvalue weighted by molar-refractivity contribution is 0.165. The van der Waals surface area contributed by atoms with Crippen LogP contribution < -0.4 is 0 Å². The number of allylic oxidation sites excluding steroid dienone is 1. The molecule has 2 heteroatoms. The molecule has 0 saturated carbocycles. The second-order valence-electron chi connectivity index (χ2n) is 4.86. The van der Waals surface area contributed by atoms with Crippen LogP contribution in [0.5, 0.6) is 0 Å². The zero-order chi connectivity index (χ0) is 13.5. The largest absolute Gasteiger partial charge is 0.388 e. The molecule has 0 spiro atoms. The Bertz CT molecular complexity index is 530. The van der Waals surface area contributed by atoms with Crippen molar-refractivity contribution in [2.45, 2.75) is 38.2 Å². The van der Waals surface area contributed by atoms with Crippen molar-refractivity contribution < 1.29 is 5.11 Å². The molecule has 2 nitrogen and oxygen atoms in total. The quantitative estimate of drug-likeness (QED) is 0.587. The van der Waals surface area contributed by atoms with Crippen molar-refractivity contribution >= 4 is 10.9 Å². The van der Waals surface area contributed by atoms with Gasteiger partial charge < -0.3 is 5.11 Å². The average Bonchev–Trinajstić information content (AvgIpc) is 2.46. The fraction of sp³-hybridized carbons (Fsp3) is 0.353. The van der Waals surface area contributed by atoms with Crippen molar-refractivity contribution in [3.05, 3.63) is 54.7 Å². The number of unbranched alkanes of at least 4 members (excludes halogenated alkanes) is 3. The molecule has 1 N–H and O–H groups in total. The summed E-state index contributed by atoms with van der Waals surface area (Å²) in [5.41, 5.74) is 1.94. The number of rotatable bonds is 7. The van der Waals surface area contributed by atoms with Crippen molar-refractivity contribution in [1.82, 2.24) is 4.98 Å². The van der Waals surface area contributed by atoms with Gasteiger partial charge in [0.2, 0.25) is 0 Å². The smallest absolute Gasteiger partial charge is 0.0796 e. The van der Waals surface area contributed by atoms with E-state index in [0.29, 0.717) is 0 Å². The van der Waals surface area contributed by atoms with E-state index in [1.54, 1.807) is 6.20 Å². The highest BCUT2D eigenvalue weighted by Crippen LogP contribution is 2.26. The summed E-state index contributed by atoms with van der Waals surface area (Å²) in [5, 5.41) is 11.4. The van der Waals surface area contributed by atoms with Crippen molar-refractivity contribution in [3.8, 4) is 0 Å². The molecule has 1 unspecified atom stereocenters. The maximum atomic E-state index is 10.3. The lowest BCUT2D eigenvalue weighted by atomic mass is 9.99. The Balaban J connectivity index is 2.01. The fourth-order valence-electron chi connectivity index (χ4n) is 2.38. The van der Waals surface area contributed by atoms with Gasteiger partial charge in [0.15, 0.2) is 0 Å². The Morgan fingerprint density at radius 1 is 1.16 bits per heavy atom. The molecule has 0 bridgehead atoms. The molecular weight excluding hydrogens is 234 g/mol. The van der Waals surface area contributed by atoms with E-state index in [1.165, 1.54) is 0 Å². The number of hydrogen-bond acceptors (Lipinski definition) is 2. The third-order valence-corrected chi connectivity index (χ3v) is 3.42. The summed E-state index contributed by atoms with van der Waals surface area (Å²) >= 11 is 0. The van der Waals surface area contributed by atoms with E-state index in [0.717, 1.165) is 48.6 Å². The van der Waals surface area contributed by atoms with Gasteiger partial charge in [0, 0.05) is 11.6 Å². The molecule has 0 aliphatic carbocycles. The number of pyridine rings is 1. The molecule has 0 fully saturated rings. The standard InChI is InChI=1S/C17H21NO/c1-2-3-4-5-6-12-17(19)15-9-7-11-16-14(15)10-8-13-18-16/h2,7-11,13,17,19H,1,3-6,12H2. The first-order valence-corrected chi connectivity index (χ1v) is 6.95. The second kappa shape index (κ2) is 7.05. The summed E-state index contributed by atoms with van der Waals surface area (Å²) in [6, 6.07) is 9.89. The van der Waals surface area contributed by atoms with Gasteiger partial charge in [0.1, 0.15) is 0 Å². The van der Waals surface area contributed by atoms with Crippen molar-refractivity contribution in [3.63, 3.8) is 0 Å². The van der Waals surface area contributed by atoms with Gasteiger partial charge in [-0.2, -0.15) is 0 Å². The number of aliphatic hydroxyl groups is 1. The van der Waals surface area contributed by atoms with Gasteiger partial charge >= 0.3 is 0 Å². The van der Waals surface area contributed by atoms with E-state index in [1.807, 2.05) is 36.4 Å². The Morgan fingerprint density at radius 3 is 2.89 bits per heavy atom. The molecule has 2 aromatic rings. The number of benzene rings is 1. The van der Waals surface area contributed by atoms with Gasteiger partial charge in [-0.05, 0) is 37.0 Å². The Hall–Kier alpha value is -1.67. The SMILES string of the molecule is C=CCCCCCC(O)c1cccc2ncccc12. The first-order valence-electron chi connectivity index (χ1n) is 6.95. The van der Waals surface area contributed by atoms with E-state index in [4.69, 9.17) is 0 Å². The summed E-state index contributed by atoms with van der Waals surface area (Å²) in [5.74, 6) is 0. The summed E-state index contributed by atoms with van der Waals surface area (Å²) in [6.45, 7) is 3.72. The van der Waals surface area contributed by atoms with Crippen LogP contribution >= 0.6 is 0 Å². The van der Waals surface area contributed by atoms with E-state index < -0.39 is 6.10 Å². The zero-order valence-electron chi connectivity index (χ0n) is 11.3. The van der Waals surface area contributed by atoms with Crippen LogP contribution in [0.4, 0.5) is 0 Å². The fourth-order valence-corrected chi connectivity index (χ4v) is 2.38. The zero-order valence-corrected chi connectivity index (χ0v) is 11.3. The molecule has 1 aromatic heterocycles. The number of hydrogen-bond donors (Lipinski definition) is 1. The molecule has 1 heterocycles. The van der Waals surface area contributed by atoms with Crippen LogP contribution in [0.25, 0.3) is 10.9 Å². The first-order chi connectivity index (χ1) is 9.33. The molecule has 2 rings (SSSR count). The van der Waals surface area contributed by atoms with E-state index >= 15 is 0 Å². The lowest BCUT2D eigenvalue weighted by Gasteiger charge is -2.13. The summed E-state index contributed by atoms with van der Waals surface area (Å²) in [6.07, 6.45) is 8.57. The molecule has 1 aromatic carbocycles. The highest BCUT2D eigenvalue weighted by Gasteiger charge is 2.10. The predicted molar refractivity (Wildman–Crippen MR) is 80.0 cm³/mol. The summed E-state index contributed by atoms with van der Waals surface area (Å²) < 4.78 is 0. The van der Waals surface area contributed by atoms with Crippen LogP contribution in [0.1, 0.15) is 43.8 Å². The summed E-state index contributed by atoms with van der Waals surface area (Å²) in [7, 11) is 0. The maximum absolute atomic E-state index is 10.3. The Labute approximate surface area is 114 Å². The first kappa shape index (κ1) is 13.8. The van der Waals surface area contributed by atoms with E-state index in [9.17, 15) is 5.11 Å². The minimum Gasteiger partial charge on any atom is -0.388 e. The maximum Gasteiger partial charge on any atom is 0.0796 e. The van der Waals surface area contributed by atoms with Crippen molar-refractivity contribution in [1.29, 1.82) is 0 Å². The topological polar surface area (TPSA) is 33.1 Å². The van der Waals surface area contributed by atoms with Crippen molar-refractivity contribution in [2.75, 3.05) is 0 Å². The lowest BCUT2D eigenvalue weighted by Crippen LogP contribution is -1.99. The van der Waals surface area contributed by atoms with Gasteiger partial charge in [0.25, 0.3) is 0 Å². The molecule has 0 aliphatic rings. The van der Waals surface area contributed by atoms with Gasteiger partial charge in [-0.1, -0.05) is 37.1 Å². The van der Waals surface area contributed by atoms with Crippen LogP contribution in [0.15, 0.2) is 49.2 Å². The third kappa shape index (κ3) is 3.65. The molecule has 0 aliphatic heterocycles. The molecule has 19 heavy (non-hydrogen) atoms. The minimum absolute atomic E-state index is 0.392. The number of aromatic nitrogens is 1. The third-order valence-electron chi connectivity index (χ3n) is 3.42. The van der Waals surface area contributed by atoms with Crippen LogP contribution in [0, 0.1) is 0 Å². The summed E-state index contributed by atoms with van der Waals surface area (Å²) in [4.78, 5) is 4.32. The highest BCUT2D eigenvalue weighted by atomic mass is 16.3. The van der Waals surface area contributed by atoms with Gasteiger partial charge in [-0.25, -0.2) is 0 Å². The monoisotopic (exact) mass is 255 g/mol. The average molecular weight is 255 g/mol. The Kier molecular flexibility index (Phi) is 5.10. The highest BCUT2D eigenvalue weighted by molar-refractivity contribution is 5.82. The molecule has 0 amide bonds. The molecule has 1 atom stereocenters. The van der Waals surface area contributed by atoms with Crippen LogP contribution in [0.2, 0.25) is 0 Å². The predicted octanol–water partition coefficient (Wildman–Crippen LogP) is 4.40. The Morgan fingerprint density at radius 2 is 2.05 bits per heavy atom. The van der Waals surface area contributed by atoms with Crippen molar-refractivity contribution in [2.24, 2.45) is 0 Å². The van der Waals surface area contributed by atoms with Gasteiger partial charge in [0.05, 0.1) is 11.6 Å². The number of fused-ring (bicyclic) bond motifs is 1.